The summed E-state index contributed by atoms with van der Waals surface area (Å²) in [6.45, 7) is 0. The molecule has 0 aliphatic heterocycles. The highest BCUT2D eigenvalue weighted by Crippen LogP contribution is 2.19. The van der Waals surface area contributed by atoms with Gasteiger partial charge in [0.2, 0.25) is 0 Å². The van der Waals surface area contributed by atoms with Gasteiger partial charge in [-0.1, -0.05) is 0 Å². The Balaban J connectivity index is 2.85. The van der Waals surface area contributed by atoms with Gasteiger partial charge in [-0.15, -0.1) is 0 Å². The van der Waals surface area contributed by atoms with Crippen LogP contribution in [0.1, 0.15) is 18.0 Å². The molecule has 0 unspecified atom stereocenters. The maximum absolute atomic E-state index is 13.2. The number of hydrogen-bond acceptors (Lipinski definition) is 3. The molecule has 0 aromatic heterocycles. The molecule has 1 aromatic rings. The van der Waals surface area contributed by atoms with Crippen molar-refractivity contribution in [3.05, 3.63) is 35.4 Å². The summed E-state index contributed by atoms with van der Waals surface area (Å²) in [6, 6.07) is 2.04. The van der Waals surface area contributed by atoms with Gasteiger partial charge >= 0.3 is 5.97 Å². The van der Waals surface area contributed by atoms with E-state index in [-0.39, 0.29) is 12.0 Å². The topological polar surface area (TPSA) is 52.3 Å². The van der Waals surface area contributed by atoms with Gasteiger partial charge in [-0.25, -0.2) is 8.78 Å². The second-order valence-corrected chi connectivity index (χ2v) is 3.05. The number of hydrogen-bond donors (Lipinski definition) is 1. The van der Waals surface area contributed by atoms with E-state index >= 15 is 0 Å². The molecule has 0 saturated carbocycles. The third-order valence-electron chi connectivity index (χ3n) is 1.97. The van der Waals surface area contributed by atoms with Crippen molar-refractivity contribution in [1.82, 2.24) is 0 Å². The first-order chi connectivity index (χ1) is 7.04. The number of esters is 1. The molecule has 0 bridgehead atoms. The Bertz CT molecular complexity index is 368. The average Bonchev–Trinajstić information content (AvgIpc) is 2.21. The summed E-state index contributed by atoms with van der Waals surface area (Å²) in [7, 11) is 1.21. The zero-order valence-corrected chi connectivity index (χ0v) is 8.17. The predicted molar refractivity (Wildman–Crippen MR) is 49.9 cm³/mol. The van der Waals surface area contributed by atoms with Crippen molar-refractivity contribution in [1.29, 1.82) is 0 Å². The van der Waals surface area contributed by atoms with Crippen molar-refractivity contribution >= 4 is 5.97 Å². The molecule has 0 aliphatic rings. The molecule has 0 aliphatic carbocycles. The molecule has 15 heavy (non-hydrogen) atoms. The van der Waals surface area contributed by atoms with Gasteiger partial charge in [0.15, 0.2) is 0 Å². The summed E-state index contributed by atoms with van der Waals surface area (Å²) < 4.78 is 30.3. The highest BCUT2D eigenvalue weighted by molar-refractivity contribution is 5.70. The number of ether oxygens (including phenoxy) is 1. The Morgan fingerprint density at radius 1 is 1.53 bits per heavy atom. The lowest BCUT2D eigenvalue weighted by molar-refractivity contribution is -0.141. The Hall–Kier alpha value is -1.49. The SMILES string of the molecule is COC(=O)C[C@H](N)c1cc(F)ccc1F. The second-order valence-electron chi connectivity index (χ2n) is 3.05. The summed E-state index contributed by atoms with van der Waals surface area (Å²) in [5.74, 6) is -1.79. The summed E-state index contributed by atoms with van der Waals surface area (Å²) in [4.78, 5) is 10.9. The fraction of sp³-hybridized carbons (Fsp3) is 0.300. The van der Waals surface area contributed by atoms with Crippen LogP contribution in [0.2, 0.25) is 0 Å². The Labute approximate surface area is 85.8 Å². The van der Waals surface area contributed by atoms with Gasteiger partial charge in [-0.3, -0.25) is 4.79 Å². The minimum Gasteiger partial charge on any atom is -0.469 e. The van der Waals surface area contributed by atoms with Crippen LogP contribution < -0.4 is 5.73 Å². The largest absolute Gasteiger partial charge is 0.469 e. The van der Waals surface area contributed by atoms with Crippen LogP contribution in [0.4, 0.5) is 8.78 Å². The fourth-order valence-electron chi connectivity index (χ4n) is 1.17. The number of rotatable bonds is 3. The molecular formula is C10H11F2NO2. The van der Waals surface area contributed by atoms with Gasteiger partial charge in [-0.05, 0) is 18.2 Å². The van der Waals surface area contributed by atoms with Crippen LogP contribution in [0.3, 0.4) is 0 Å². The van der Waals surface area contributed by atoms with E-state index in [1.807, 2.05) is 0 Å². The summed E-state index contributed by atoms with van der Waals surface area (Å²) in [5.41, 5.74) is 5.51. The van der Waals surface area contributed by atoms with Crippen LogP contribution in [0, 0.1) is 11.6 Å². The van der Waals surface area contributed by atoms with Gasteiger partial charge < -0.3 is 10.5 Å². The summed E-state index contributed by atoms with van der Waals surface area (Å²) in [5, 5.41) is 0. The van der Waals surface area contributed by atoms with Crippen LogP contribution in [0.15, 0.2) is 18.2 Å². The van der Waals surface area contributed by atoms with Crippen molar-refractivity contribution in [3.63, 3.8) is 0 Å². The number of nitrogens with two attached hydrogens (primary N) is 1. The van der Waals surface area contributed by atoms with E-state index in [1.165, 1.54) is 7.11 Å². The van der Waals surface area contributed by atoms with Gasteiger partial charge in [0.1, 0.15) is 11.6 Å². The fourth-order valence-corrected chi connectivity index (χ4v) is 1.17. The molecule has 0 spiro atoms. The van der Waals surface area contributed by atoms with E-state index < -0.39 is 23.6 Å². The molecule has 0 heterocycles. The smallest absolute Gasteiger partial charge is 0.307 e. The molecule has 1 rings (SSSR count). The van der Waals surface area contributed by atoms with E-state index in [0.29, 0.717) is 0 Å². The first kappa shape index (κ1) is 11.6. The first-order valence-corrected chi connectivity index (χ1v) is 4.32. The Kier molecular flexibility index (Phi) is 3.74. The Morgan fingerprint density at radius 2 is 2.20 bits per heavy atom. The third kappa shape index (κ3) is 2.99. The summed E-state index contributed by atoms with van der Waals surface area (Å²) >= 11 is 0. The molecule has 0 fully saturated rings. The second kappa shape index (κ2) is 4.84. The molecular weight excluding hydrogens is 204 g/mol. The van der Waals surface area contributed by atoms with Crippen LogP contribution in [0.5, 0.6) is 0 Å². The van der Waals surface area contributed by atoms with Crippen molar-refractivity contribution in [2.45, 2.75) is 12.5 Å². The zero-order valence-electron chi connectivity index (χ0n) is 8.17. The van der Waals surface area contributed by atoms with E-state index in [2.05, 4.69) is 4.74 Å². The number of carbonyl (C=O) groups excluding carboxylic acids is 1. The summed E-state index contributed by atoms with van der Waals surface area (Å²) in [6.07, 6.45) is -0.184. The number of methoxy groups -OCH3 is 1. The molecule has 0 radical (unpaired) electrons. The van der Waals surface area contributed by atoms with Crippen LogP contribution in [-0.2, 0) is 9.53 Å². The maximum Gasteiger partial charge on any atom is 0.307 e. The van der Waals surface area contributed by atoms with Crippen LogP contribution >= 0.6 is 0 Å². The lowest BCUT2D eigenvalue weighted by Gasteiger charge is -2.11. The minimum absolute atomic E-state index is 0.0274. The Morgan fingerprint density at radius 3 is 2.80 bits per heavy atom. The predicted octanol–water partition coefficient (Wildman–Crippen LogP) is 1.53. The van der Waals surface area contributed by atoms with E-state index in [1.54, 1.807) is 0 Å². The molecule has 1 atom stereocenters. The maximum atomic E-state index is 13.2. The van der Waals surface area contributed by atoms with Crippen molar-refractivity contribution in [2.24, 2.45) is 5.73 Å². The van der Waals surface area contributed by atoms with Crippen molar-refractivity contribution < 1.29 is 18.3 Å². The number of halogens is 2. The average molecular weight is 215 g/mol. The van der Waals surface area contributed by atoms with Gasteiger partial charge in [0.05, 0.1) is 13.5 Å². The molecule has 5 heteroatoms. The van der Waals surface area contributed by atoms with E-state index in [0.717, 1.165) is 18.2 Å². The lowest BCUT2D eigenvalue weighted by Crippen LogP contribution is -2.17. The van der Waals surface area contributed by atoms with Crippen molar-refractivity contribution in [3.8, 4) is 0 Å². The zero-order chi connectivity index (χ0) is 11.4. The molecule has 0 saturated heterocycles. The van der Waals surface area contributed by atoms with Crippen LogP contribution in [0.25, 0.3) is 0 Å². The lowest BCUT2D eigenvalue weighted by atomic mass is 10.0. The van der Waals surface area contributed by atoms with E-state index in [9.17, 15) is 13.6 Å². The van der Waals surface area contributed by atoms with Gasteiger partial charge in [-0.2, -0.15) is 0 Å². The van der Waals surface area contributed by atoms with Crippen molar-refractivity contribution in [2.75, 3.05) is 7.11 Å². The highest BCUT2D eigenvalue weighted by atomic mass is 19.1. The molecule has 3 nitrogen and oxygen atoms in total. The van der Waals surface area contributed by atoms with Crippen LogP contribution in [-0.4, -0.2) is 13.1 Å². The van der Waals surface area contributed by atoms with Gasteiger partial charge in [0.25, 0.3) is 0 Å². The number of benzene rings is 1. The highest BCUT2D eigenvalue weighted by Gasteiger charge is 2.16. The van der Waals surface area contributed by atoms with E-state index in [4.69, 9.17) is 5.73 Å². The molecule has 0 amide bonds. The third-order valence-corrected chi connectivity index (χ3v) is 1.97. The van der Waals surface area contributed by atoms with Gasteiger partial charge in [0, 0.05) is 11.6 Å². The molecule has 82 valence electrons. The first-order valence-electron chi connectivity index (χ1n) is 4.32. The molecule has 2 N–H and O–H groups in total. The monoisotopic (exact) mass is 215 g/mol. The minimum atomic E-state index is -0.895. The standard InChI is InChI=1S/C10H11F2NO2/c1-15-10(14)5-9(13)7-4-6(11)2-3-8(7)12/h2-4,9H,5,13H2,1H3/t9-/m0/s1. The number of carbonyl (C=O) groups is 1. The normalized spacial score (nSPS) is 12.3. The quantitative estimate of drug-likeness (QED) is 0.778. The molecule has 1 aromatic carbocycles.